The van der Waals surface area contributed by atoms with Crippen LogP contribution in [-0.4, -0.2) is 45.6 Å². The molecule has 1 aromatic heterocycles. The number of piperidine rings is 1. The van der Waals surface area contributed by atoms with Crippen LogP contribution in [0.2, 0.25) is 0 Å². The van der Waals surface area contributed by atoms with Crippen LogP contribution < -0.4 is 4.90 Å². The number of carbonyl (C=O) groups is 2. The standard InChI is InChI=1S/C31H28F2N4O2/c1-2-20-7-9-21(10-8-20)29-19-27(34-37(29)24-11-12-25(32)26(33)18-24)31(39)35-15-13-23(14-16-35)36-28-6-4-3-5-22(28)17-30(36)38/h3-12,18-19,23H,2,13-17H2,1H3. The zero-order valence-electron chi connectivity index (χ0n) is 21.6. The number of fused-ring (bicyclic) bond motifs is 1. The fraction of sp³-hybridized carbons (Fsp3) is 0.258. The van der Waals surface area contributed by atoms with E-state index in [1.54, 1.807) is 11.0 Å². The molecule has 0 radical (unpaired) electrons. The van der Waals surface area contributed by atoms with Gasteiger partial charge in [0.15, 0.2) is 17.3 Å². The van der Waals surface area contributed by atoms with Gasteiger partial charge in [0, 0.05) is 36.4 Å². The Morgan fingerprint density at radius 1 is 0.949 bits per heavy atom. The molecule has 0 bridgehead atoms. The molecule has 2 aliphatic rings. The lowest BCUT2D eigenvalue weighted by Gasteiger charge is -2.36. The van der Waals surface area contributed by atoms with Crippen LogP contribution >= 0.6 is 0 Å². The lowest BCUT2D eigenvalue weighted by Crippen LogP contribution is -2.48. The summed E-state index contributed by atoms with van der Waals surface area (Å²) in [6, 6.07) is 21.1. The number of hydrogen-bond donors (Lipinski definition) is 0. The van der Waals surface area contributed by atoms with E-state index < -0.39 is 11.6 Å². The van der Waals surface area contributed by atoms with Crippen LogP contribution in [0.5, 0.6) is 0 Å². The predicted molar refractivity (Wildman–Crippen MR) is 145 cm³/mol. The number of aryl methyl sites for hydroxylation is 1. The zero-order chi connectivity index (χ0) is 27.1. The van der Waals surface area contributed by atoms with Gasteiger partial charge >= 0.3 is 0 Å². The monoisotopic (exact) mass is 526 g/mol. The summed E-state index contributed by atoms with van der Waals surface area (Å²) in [6.45, 7) is 3.06. The first-order valence-corrected chi connectivity index (χ1v) is 13.3. The molecule has 6 rings (SSSR count). The number of amides is 2. The maximum Gasteiger partial charge on any atom is 0.274 e. The van der Waals surface area contributed by atoms with E-state index in [1.807, 2.05) is 53.4 Å². The van der Waals surface area contributed by atoms with Crippen molar-refractivity contribution < 1.29 is 18.4 Å². The highest BCUT2D eigenvalue weighted by atomic mass is 19.2. The molecule has 8 heteroatoms. The number of likely N-dealkylation sites (tertiary alicyclic amines) is 1. The minimum atomic E-state index is -0.983. The summed E-state index contributed by atoms with van der Waals surface area (Å²) in [5.41, 5.74) is 5.16. The zero-order valence-corrected chi connectivity index (χ0v) is 21.6. The van der Waals surface area contributed by atoms with Gasteiger partial charge in [0.1, 0.15) is 0 Å². The van der Waals surface area contributed by atoms with Crippen LogP contribution in [0.15, 0.2) is 72.8 Å². The third-order valence-electron chi connectivity index (χ3n) is 7.71. The Bertz CT molecular complexity index is 1560. The highest BCUT2D eigenvalue weighted by Gasteiger charge is 2.36. The number of nitrogens with zero attached hydrogens (tertiary/aromatic N) is 4. The first-order chi connectivity index (χ1) is 18.9. The highest BCUT2D eigenvalue weighted by Crippen LogP contribution is 2.34. The molecule has 4 aromatic rings. The predicted octanol–water partition coefficient (Wildman–Crippen LogP) is 5.57. The van der Waals surface area contributed by atoms with E-state index in [9.17, 15) is 18.4 Å². The van der Waals surface area contributed by atoms with Gasteiger partial charge in [-0.1, -0.05) is 49.4 Å². The molecule has 0 atom stereocenters. The van der Waals surface area contributed by atoms with Gasteiger partial charge in [0.2, 0.25) is 5.91 Å². The second-order valence-corrected chi connectivity index (χ2v) is 10.1. The summed E-state index contributed by atoms with van der Waals surface area (Å²) in [5, 5.41) is 4.56. The van der Waals surface area contributed by atoms with Gasteiger partial charge in [-0.15, -0.1) is 0 Å². The Hall–Kier alpha value is -4.33. The summed E-state index contributed by atoms with van der Waals surface area (Å²) in [7, 11) is 0. The molecule has 0 aliphatic carbocycles. The van der Waals surface area contributed by atoms with Crippen LogP contribution in [0.4, 0.5) is 14.5 Å². The van der Waals surface area contributed by atoms with Crippen LogP contribution in [0.1, 0.15) is 41.4 Å². The van der Waals surface area contributed by atoms with E-state index in [4.69, 9.17) is 0 Å². The van der Waals surface area contributed by atoms with Crippen molar-refractivity contribution in [1.29, 1.82) is 0 Å². The second kappa shape index (κ2) is 10.1. The molecule has 0 N–H and O–H groups in total. The maximum atomic E-state index is 14.1. The SMILES string of the molecule is CCc1ccc(-c2cc(C(=O)N3CCC(N4C(=O)Cc5ccccc54)CC3)nn2-c2ccc(F)c(F)c2)cc1. The van der Waals surface area contributed by atoms with Crippen molar-refractivity contribution in [3.05, 3.63) is 101 Å². The Morgan fingerprint density at radius 3 is 2.41 bits per heavy atom. The number of para-hydroxylation sites is 1. The molecule has 0 spiro atoms. The van der Waals surface area contributed by atoms with Gasteiger partial charge in [-0.05, 0) is 54.7 Å². The fourth-order valence-corrected chi connectivity index (χ4v) is 5.58. The van der Waals surface area contributed by atoms with Crippen LogP contribution in [-0.2, 0) is 17.6 Å². The van der Waals surface area contributed by atoms with Crippen molar-refractivity contribution >= 4 is 17.5 Å². The summed E-state index contributed by atoms with van der Waals surface area (Å²) in [4.78, 5) is 30.0. The summed E-state index contributed by atoms with van der Waals surface area (Å²) < 4.78 is 29.3. The van der Waals surface area contributed by atoms with Crippen LogP contribution in [0.25, 0.3) is 16.9 Å². The van der Waals surface area contributed by atoms with Gasteiger partial charge in [0.25, 0.3) is 5.91 Å². The smallest absolute Gasteiger partial charge is 0.274 e. The van der Waals surface area contributed by atoms with Crippen molar-refractivity contribution in [2.24, 2.45) is 0 Å². The molecule has 3 heterocycles. The minimum absolute atomic E-state index is 0.0394. The molecule has 6 nitrogen and oxygen atoms in total. The summed E-state index contributed by atoms with van der Waals surface area (Å²) >= 11 is 0. The Kier molecular flexibility index (Phi) is 6.46. The molecule has 0 unspecified atom stereocenters. The fourth-order valence-electron chi connectivity index (χ4n) is 5.58. The molecule has 198 valence electrons. The molecule has 2 amide bonds. The van der Waals surface area contributed by atoms with Gasteiger partial charge < -0.3 is 9.80 Å². The largest absolute Gasteiger partial charge is 0.337 e. The van der Waals surface area contributed by atoms with Crippen LogP contribution in [0.3, 0.4) is 0 Å². The first-order valence-electron chi connectivity index (χ1n) is 13.3. The number of halogens is 2. The second-order valence-electron chi connectivity index (χ2n) is 10.1. The number of carbonyl (C=O) groups excluding carboxylic acids is 2. The highest BCUT2D eigenvalue weighted by molar-refractivity contribution is 6.02. The number of aromatic nitrogens is 2. The quantitative estimate of drug-likeness (QED) is 0.342. The molecule has 39 heavy (non-hydrogen) atoms. The number of rotatable bonds is 5. The summed E-state index contributed by atoms with van der Waals surface area (Å²) in [6.07, 6.45) is 2.64. The molecule has 0 saturated carbocycles. The normalized spacial score (nSPS) is 15.6. The van der Waals surface area contributed by atoms with Crippen molar-refractivity contribution in [1.82, 2.24) is 14.7 Å². The van der Waals surface area contributed by atoms with Gasteiger partial charge in [0.05, 0.1) is 17.8 Å². The minimum Gasteiger partial charge on any atom is -0.337 e. The maximum absolute atomic E-state index is 14.1. The molecule has 2 aliphatic heterocycles. The third kappa shape index (κ3) is 4.60. The van der Waals surface area contributed by atoms with Crippen molar-refractivity contribution in [3.63, 3.8) is 0 Å². The topological polar surface area (TPSA) is 58.4 Å². The Morgan fingerprint density at radius 2 is 1.69 bits per heavy atom. The van der Waals surface area contributed by atoms with Gasteiger partial charge in [-0.3, -0.25) is 9.59 Å². The van der Waals surface area contributed by atoms with Crippen molar-refractivity contribution in [3.8, 4) is 16.9 Å². The van der Waals surface area contributed by atoms with E-state index in [2.05, 4.69) is 12.0 Å². The number of benzene rings is 3. The lowest BCUT2D eigenvalue weighted by atomic mass is 10.0. The lowest BCUT2D eigenvalue weighted by molar-refractivity contribution is -0.118. The first kappa shape index (κ1) is 25.0. The van der Waals surface area contributed by atoms with E-state index >= 15 is 0 Å². The average molecular weight is 527 g/mol. The molecular formula is C31H28F2N4O2. The van der Waals surface area contributed by atoms with E-state index in [0.29, 0.717) is 43.7 Å². The molecular weight excluding hydrogens is 498 g/mol. The number of hydrogen-bond acceptors (Lipinski definition) is 3. The molecule has 3 aromatic carbocycles. The average Bonchev–Trinajstić information content (AvgIpc) is 3.55. The van der Waals surface area contributed by atoms with Gasteiger partial charge in [-0.2, -0.15) is 5.10 Å². The Balaban J connectivity index is 1.26. The number of anilines is 1. The summed E-state index contributed by atoms with van der Waals surface area (Å²) in [5.74, 6) is -2.05. The Labute approximate surface area is 225 Å². The van der Waals surface area contributed by atoms with E-state index in [0.717, 1.165) is 40.9 Å². The van der Waals surface area contributed by atoms with Gasteiger partial charge in [-0.25, -0.2) is 13.5 Å². The van der Waals surface area contributed by atoms with E-state index in [-0.39, 0.29) is 23.6 Å². The van der Waals surface area contributed by atoms with Crippen LogP contribution in [0, 0.1) is 11.6 Å². The third-order valence-corrected chi connectivity index (χ3v) is 7.71. The van der Waals surface area contributed by atoms with E-state index in [1.165, 1.54) is 10.7 Å². The van der Waals surface area contributed by atoms with Crippen molar-refractivity contribution in [2.45, 2.75) is 38.6 Å². The molecule has 1 fully saturated rings. The molecule has 1 saturated heterocycles. The van der Waals surface area contributed by atoms with Crippen molar-refractivity contribution in [2.75, 3.05) is 18.0 Å².